The molecule has 0 aromatic heterocycles. The van der Waals surface area contributed by atoms with Gasteiger partial charge in [0.1, 0.15) is 5.78 Å². The summed E-state index contributed by atoms with van der Waals surface area (Å²) in [4.78, 5) is 14.3. The van der Waals surface area contributed by atoms with Crippen LogP contribution in [-0.2, 0) is 9.53 Å². The Balaban J connectivity index is 4.57. The predicted molar refractivity (Wildman–Crippen MR) is 90.7 cm³/mol. The Bertz CT molecular complexity index is 344. The topological polar surface area (TPSA) is 29.5 Å². The van der Waals surface area contributed by atoms with Crippen molar-refractivity contribution in [2.75, 3.05) is 26.2 Å². The second-order valence-electron chi connectivity index (χ2n) is 5.87. The fourth-order valence-electron chi connectivity index (χ4n) is 2.34. The van der Waals surface area contributed by atoms with Gasteiger partial charge in [-0.3, -0.25) is 4.79 Å². The average Bonchev–Trinajstić information content (AvgIpc) is 2.51. The molecule has 0 radical (unpaired) electrons. The van der Waals surface area contributed by atoms with Gasteiger partial charge in [-0.1, -0.05) is 26.3 Å². The van der Waals surface area contributed by atoms with Crippen LogP contribution >= 0.6 is 0 Å². The number of Topliss-reactive ketones (excluding diaryl/α,β-unsaturated/α-hetero) is 1. The molecule has 4 heteroatoms. The Hall–Kier alpha value is -1.00. The van der Waals surface area contributed by atoms with E-state index in [0.29, 0.717) is 19.4 Å². The van der Waals surface area contributed by atoms with Gasteiger partial charge >= 0.3 is 0 Å². The van der Waals surface area contributed by atoms with Crippen LogP contribution in [0, 0.1) is 0 Å². The fourth-order valence-corrected chi connectivity index (χ4v) is 2.34. The zero-order valence-corrected chi connectivity index (χ0v) is 14.4. The standard InChI is InChI=1S/C18H32FNO2/c1-5-8-13-20(7-3)14-11-18(4,22-15-6-2)16-17(21)10-9-12-19/h6,9,12H,2,5,7-8,10-11,13-16H2,1,3-4H3/b12-9+. The highest BCUT2D eigenvalue weighted by atomic mass is 19.1. The monoisotopic (exact) mass is 313 g/mol. The molecule has 1 unspecified atom stereocenters. The molecule has 0 amide bonds. The summed E-state index contributed by atoms with van der Waals surface area (Å²) in [5.74, 6) is -0.00271. The van der Waals surface area contributed by atoms with E-state index in [2.05, 4.69) is 25.3 Å². The molecule has 0 aliphatic carbocycles. The summed E-state index contributed by atoms with van der Waals surface area (Å²) in [6, 6.07) is 0. The van der Waals surface area contributed by atoms with Gasteiger partial charge in [-0.15, -0.1) is 6.58 Å². The molecule has 128 valence electrons. The van der Waals surface area contributed by atoms with E-state index in [9.17, 15) is 9.18 Å². The van der Waals surface area contributed by atoms with E-state index < -0.39 is 5.60 Å². The van der Waals surface area contributed by atoms with Crippen LogP contribution < -0.4 is 0 Å². The average molecular weight is 313 g/mol. The van der Waals surface area contributed by atoms with Gasteiger partial charge in [0.05, 0.1) is 18.5 Å². The molecule has 0 bridgehead atoms. The van der Waals surface area contributed by atoms with Gasteiger partial charge in [0.25, 0.3) is 0 Å². The van der Waals surface area contributed by atoms with Crippen LogP contribution in [0.3, 0.4) is 0 Å². The van der Waals surface area contributed by atoms with Crippen LogP contribution in [0.2, 0.25) is 0 Å². The third-order valence-electron chi connectivity index (χ3n) is 3.79. The first-order valence-electron chi connectivity index (χ1n) is 8.25. The van der Waals surface area contributed by atoms with E-state index in [0.717, 1.165) is 26.1 Å². The minimum atomic E-state index is -0.519. The highest BCUT2D eigenvalue weighted by Gasteiger charge is 2.28. The first-order chi connectivity index (χ1) is 10.5. The third kappa shape index (κ3) is 9.85. The summed E-state index contributed by atoms with van der Waals surface area (Å²) in [5, 5.41) is 0. The van der Waals surface area contributed by atoms with Crippen LogP contribution in [0.1, 0.15) is 52.9 Å². The Morgan fingerprint density at radius 3 is 2.64 bits per heavy atom. The van der Waals surface area contributed by atoms with Gasteiger partial charge in [0.15, 0.2) is 0 Å². The van der Waals surface area contributed by atoms with E-state index >= 15 is 0 Å². The van der Waals surface area contributed by atoms with Crippen molar-refractivity contribution < 1.29 is 13.9 Å². The lowest BCUT2D eigenvalue weighted by Gasteiger charge is -2.32. The van der Waals surface area contributed by atoms with Gasteiger partial charge in [-0.05, 0) is 38.9 Å². The first-order valence-corrected chi connectivity index (χ1v) is 8.25. The number of hydrogen-bond donors (Lipinski definition) is 0. The van der Waals surface area contributed by atoms with Crippen molar-refractivity contribution in [3.8, 4) is 0 Å². The summed E-state index contributed by atoms with van der Waals surface area (Å²) in [7, 11) is 0. The second-order valence-corrected chi connectivity index (χ2v) is 5.87. The molecule has 0 saturated heterocycles. The van der Waals surface area contributed by atoms with E-state index in [-0.39, 0.29) is 12.2 Å². The summed E-state index contributed by atoms with van der Waals surface area (Å²) in [6.45, 7) is 13.3. The smallest absolute Gasteiger partial charge is 0.139 e. The van der Waals surface area contributed by atoms with E-state index in [1.54, 1.807) is 6.08 Å². The quantitative estimate of drug-likeness (QED) is 0.448. The summed E-state index contributed by atoms with van der Waals surface area (Å²) in [5.41, 5.74) is -0.519. The summed E-state index contributed by atoms with van der Waals surface area (Å²) >= 11 is 0. The van der Waals surface area contributed by atoms with E-state index in [1.807, 2.05) is 6.92 Å². The number of halogens is 1. The van der Waals surface area contributed by atoms with Crippen molar-refractivity contribution in [3.63, 3.8) is 0 Å². The second kappa shape index (κ2) is 12.5. The molecule has 3 nitrogen and oxygen atoms in total. The Morgan fingerprint density at radius 1 is 1.36 bits per heavy atom. The van der Waals surface area contributed by atoms with Crippen LogP contribution in [-0.4, -0.2) is 42.5 Å². The molecule has 0 aromatic carbocycles. The van der Waals surface area contributed by atoms with Crippen molar-refractivity contribution in [1.82, 2.24) is 4.90 Å². The minimum Gasteiger partial charge on any atom is -0.371 e. The molecule has 0 aliphatic rings. The predicted octanol–water partition coefficient (Wildman–Crippen LogP) is 4.29. The van der Waals surface area contributed by atoms with Crippen molar-refractivity contribution in [1.29, 1.82) is 0 Å². The number of ether oxygens (including phenoxy) is 1. The maximum atomic E-state index is 12.0. The summed E-state index contributed by atoms with van der Waals surface area (Å²) in [6.07, 6.45) is 6.92. The van der Waals surface area contributed by atoms with Gasteiger partial charge in [0, 0.05) is 19.4 Å². The van der Waals surface area contributed by atoms with Crippen molar-refractivity contribution in [2.24, 2.45) is 0 Å². The molecule has 0 saturated carbocycles. The van der Waals surface area contributed by atoms with Crippen molar-refractivity contribution in [3.05, 3.63) is 25.1 Å². The zero-order valence-electron chi connectivity index (χ0n) is 14.4. The molecule has 22 heavy (non-hydrogen) atoms. The molecular formula is C18H32FNO2. The van der Waals surface area contributed by atoms with Crippen molar-refractivity contribution >= 4 is 5.78 Å². The van der Waals surface area contributed by atoms with Crippen LogP contribution in [0.5, 0.6) is 0 Å². The first kappa shape index (κ1) is 21.0. The van der Waals surface area contributed by atoms with E-state index in [1.165, 1.54) is 18.9 Å². The molecule has 0 heterocycles. The maximum absolute atomic E-state index is 12.0. The largest absolute Gasteiger partial charge is 0.371 e. The SMILES string of the molecule is C=CCOC(C)(CCN(CC)CCCC)CC(=O)C/C=C/F. The molecule has 0 N–H and O–H groups in total. The normalized spacial score (nSPS) is 14.4. The zero-order chi connectivity index (χ0) is 16.8. The van der Waals surface area contributed by atoms with Crippen LogP contribution in [0.15, 0.2) is 25.1 Å². The van der Waals surface area contributed by atoms with Crippen LogP contribution in [0.4, 0.5) is 4.39 Å². The maximum Gasteiger partial charge on any atom is 0.139 e. The number of hydrogen-bond acceptors (Lipinski definition) is 3. The lowest BCUT2D eigenvalue weighted by molar-refractivity contribution is -0.125. The lowest BCUT2D eigenvalue weighted by Crippen LogP contribution is -2.37. The number of carbonyl (C=O) groups excluding carboxylic acids is 1. The molecular weight excluding hydrogens is 281 g/mol. The molecule has 0 rings (SSSR count). The minimum absolute atomic E-state index is 0.00271. The van der Waals surface area contributed by atoms with Gasteiger partial charge in [-0.25, -0.2) is 4.39 Å². The lowest BCUT2D eigenvalue weighted by atomic mass is 9.93. The van der Waals surface area contributed by atoms with Gasteiger partial charge in [0.2, 0.25) is 0 Å². The molecule has 0 spiro atoms. The van der Waals surface area contributed by atoms with E-state index in [4.69, 9.17) is 4.74 Å². The van der Waals surface area contributed by atoms with Gasteiger partial charge in [-0.2, -0.15) is 0 Å². The highest BCUT2D eigenvalue weighted by Crippen LogP contribution is 2.22. The summed E-state index contributed by atoms with van der Waals surface area (Å²) < 4.78 is 17.9. The Morgan fingerprint density at radius 2 is 2.09 bits per heavy atom. The van der Waals surface area contributed by atoms with Crippen molar-refractivity contribution in [2.45, 2.75) is 58.5 Å². The number of unbranched alkanes of at least 4 members (excludes halogenated alkanes) is 1. The Labute approximate surface area is 135 Å². The molecule has 0 aromatic rings. The number of nitrogens with zero attached hydrogens (tertiary/aromatic N) is 1. The Kier molecular flexibility index (Phi) is 12.0. The molecule has 0 fully saturated rings. The molecule has 1 atom stereocenters. The fraction of sp³-hybridized carbons (Fsp3) is 0.722. The van der Waals surface area contributed by atoms with Crippen LogP contribution in [0.25, 0.3) is 0 Å². The number of ketones is 1. The number of carbonyl (C=O) groups is 1. The van der Waals surface area contributed by atoms with Gasteiger partial charge < -0.3 is 9.64 Å². The number of allylic oxidation sites excluding steroid dienone is 1. The highest BCUT2D eigenvalue weighted by molar-refractivity contribution is 5.80. The third-order valence-corrected chi connectivity index (χ3v) is 3.79. The molecule has 0 aliphatic heterocycles. The number of rotatable bonds is 14.